The van der Waals surface area contributed by atoms with Gasteiger partial charge >= 0.3 is 0 Å². The summed E-state index contributed by atoms with van der Waals surface area (Å²) in [4.78, 5) is 0. The standard InChI is InChI=1S/C10H21NO3/c1-2-12-6-3-5-11-8-10-4-7-13-9-14-10/h10-11H,2-9H2,1H3. The van der Waals surface area contributed by atoms with Crippen molar-refractivity contribution in [2.24, 2.45) is 0 Å². The van der Waals surface area contributed by atoms with Crippen molar-refractivity contribution in [3.8, 4) is 0 Å². The lowest BCUT2D eigenvalue weighted by Gasteiger charge is -2.22. The molecule has 1 unspecified atom stereocenters. The van der Waals surface area contributed by atoms with Gasteiger partial charge in [0.1, 0.15) is 6.79 Å². The Morgan fingerprint density at radius 1 is 1.50 bits per heavy atom. The molecule has 0 aromatic carbocycles. The highest BCUT2D eigenvalue weighted by Gasteiger charge is 2.12. The molecule has 0 aromatic heterocycles. The van der Waals surface area contributed by atoms with E-state index in [0.717, 1.165) is 45.8 Å². The predicted molar refractivity (Wildman–Crippen MR) is 54.3 cm³/mol. The maximum absolute atomic E-state index is 5.39. The summed E-state index contributed by atoms with van der Waals surface area (Å²) in [6.07, 6.45) is 2.39. The summed E-state index contributed by atoms with van der Waals surface area (Å²) in [6.45, 7) is 6.87. The van der Waals surface area contributed by atoms with Crippen molar-refractivity contribution in [3.63, 3.8) is 0 Å². The fourth-order valence-corrected chi connectivity index (χ4v) is 1.37. The van der Waals surface area contributed by atoms with Crippen LogP contribution in [0.1, 0.15) is 19.8 Å². The molecule has 1 N–H and O–H groups in total. The third kappa shape index (κ3) is 5.54. The lowest BCUT2D eigenvalue weighted by molar-refractivity contribution is -0.137. The predicted octanol–water partition coefficient (Wildman–Crippen LogP) is 0.766. The van der Waals surface area contributed by atoms with Crippen molar-refractivity contribution < 1.29 is 14.2 Å². The molecule has 0 saturated carbocycles. The second kappa shape index (κ2) is 8.17. The van der Waals surface area contributed by atoms with Gasteiger partial charge in [-0.2, -0.15) is 0 Å². The molecule has 1 saturated heterocycles. The molecule has 1 heterocycles. The number of nitrogens with one attached hydrogen (secondary N) is 1. The van der Waals surface area contributed by atoms with E-state index in [1.807, 2.05) is 6.92 Å². The highest BCUT2D eigenvalue weighted by Crippen LogP contribution is 2.04. The molecule has 0 aromatic rings. The fraction of sp³-hybridized carbons (Fsp3) is 1.00. The Bertz CT molecular complexity index is 127. The first-order valence-corrected chi connectivity index (χ1v) is 5.41. The summed E-state index contributed by atoms with van der Waals surface area (Å²) >= 11 is 0. The first-order chi connectivity index (χ1) is 6.93. The lowest BCUT2D eigenvalue weighted by Crippen LogP contribution is -2.34. The van der Waals surface area contributed by atoms with E-state index in [1.54, 1.807) is 0 Å². The minimum atomic E-state index is 0.329. The van der Waals surface area contributed by atoms with Crippen LogP contribution in [0.3, 0.4) is 0 Å². The lowest BCUT2D eigenvalue weighted by atomic mass is 10.2. The second-order valence-electron chi connectivity index (χ2n) is 3.36. The van der Waals surface area contributed by atoms with Gasteiger partial charge in [-0.25, -0.2) is 0 Å². The van der Waals surface area contributed by atoms with Gasteiger partial charge in [0.25, 0.3) is 0 Å². The van der Waals surface area contributed by atoms with E-state index in [1.165, 1.54) is 0 Å². The Morgan fingerprint density at radius 3 is 3.14 bits per heavy atom. The maximum Gasteiger partial charge on any atom is 0.147 e. The van der Waals surface area contributed by atoms with Crippen molar-refractivity contribution in [1.82, 2.24) is 5.32 Å². The molecule has 1 aliphatic heterocycles. The van der Waals surface area contributed by atoms with Crippen LogP contribution < -0.4 is 5.32 Å². The molecule has 0 bridgehead atoms. The summed E-state index contributed by atoms with van der Waals surface area (Å²) in [5.41, 5.74) is 0. The molecule has 14 heavy (non-hydrogen) atoms. The molecule has 84 valence electrons. The van der Waals surface area contributed by atoms with Gasteiger partial charge in [0, 0.05) is 19.8 Å². The molecule has 4 heteroatoms. The molecule has 0 radical (unpaired) electrons. The van der Waals surface area contributed by atoms with E-state index in [0.29, 0.717) is 12.9 Å². The van der Waals surface area contributed by atoms with Crippen LogP contribution in [0.25, 0.3) is 0 Å². The van der Waals surface area contributed by atoms with Crippen molar-refractivity contribution >= 4 is 0 Å². The Labute approximate surface area is 85.9 Å². The maximum atomic E-state index is 5.39. The number of hydrogen-bond acceptors (Lipinski definition) is 4. The number of hydrogen-bond donors (Lipinski definition) is 1. The van der Waals surface area contributed by atoms with Gasteiger partial charge in [-0.1, -0.05) is 0 Å². The van der Waals surface area contributed by atoms with Gasteiger partial charge in [-0.15, -0.1) is 0 Å². The average molecular weight is 203 g/mol. The van der Waals surface area contributed by atoms with Gasteiger partial charge in [0.05, 0.1) is 12.7 Å². The minimum Gasteiger partial charge on any atom is -0.382 e. The SMILES string of the molecule is CCOCCCNCC1CCOCO1. The van der Waals surface area contributed by atoms with Crippen LogP contribution in [0, 0.1) is 0 Å². The van der Waals surface area contributed by atoms with Gasteiger partial charge < -0.3 is 19.5 Å². The van der Waals surface area contributed by atoms with Crippen molar-refractivity contribution in [3.05, 3.63) is 0 Å². The van der Waals surface area contributed by atoms with Crippen LogP contribution in [0.2, 0.25) is 0 Å². The average Bonchev–Trinajstić information content (AvgIpc) is 2.25. The summed E-state index contributed by atoms with van der Waals surface area (Å²) in [5, 5.41) is 3.35. The van der Waals surface area contributed by atoms with Gasteiger partial charge in [0.2, 0.25) is 0 Å². The Balaban J connectivity index is 1.82. The molecule has 1 fully saturated rings. The topological polar surface area (TPSA) is 39.7 Å². The summed E-state index contributed by atoms with van der Waals surface area (Å²) < 4.78 is 15.7. The summed E-state index contributed by atoms with van der Waals surface area (Å²) in [5.74, 6) is 0. The normalized spacial score (nSPS) is 22.5. The van der Waals surface area contributed by atoms with Crippen LogP contribution in [0.4, 0.5) is 0 Å². The van der Waals surface area contributed by atoms with Crippen LogP contribution in [-0.2, 0) is 14.2 Å². The third-order valence-electron chi connectivity index (χ3n) is 2.19. The van der Waals surface area contributed by atoms with E-state index in [2.05, 4.69) is 5.32 Å². The summed E-state index contributed by atoms with van der Waals surface area (Å²) in [7, 11) is 0. The zero-order chi connectivity index (χ0) is 10.1. The molecule has 4 nitrogen and oxygen atoms in total. The van der Waals surface area contributed by atoms with Gasteiger partial charge in [0.15, 0.2) is 0 Å². The van der Waals surface area contributed by atoms with Crippen LogP contribution >= 0.6 is 0 Å². The number of rotatable bonds is 7. The highest BCUT2D eigenvalue weighted by atomic mass is 16.7. The fourth-order valence-electron chi connectivity index (χ4n) is 1.37. The first kappa shape index (κ1) is 11.9. The van der Waals surface area contributed by atoms with Crippen LogP contribution in [-0.4, -0.2) is 45.8 Å². The Morgan fingerprint density at radius 2 is 2.43 bits per heavy atom. The zero-order valence-electron chi connectivity index (χ0n) is 8.96. The quantitative estimate of drug-likeness (QED) is 0.620. The molecule has 1 rings (SSSR count). The largest absolute Gasteiger partial charge is 0.382 e. The monoisotopic (exact) mass is 203 g/mol. The highest BCUT2D eigenvalue weighted by molar-refractivity contribution is 4.63. The minimum absolute atomic E-state index is 0.329. The smallest absolute Gasteiger partial charge is 0.147 e. The van der Waals surface area contributed by atoms with Crippen molar-refractivity contribution in [1.29, 1.82) is 0 Å². The van der Waals surface area contributed by atoms with E-state index in [4.69, 9.17) is 14.2 Å². The van der Waals surface area contributed by atoms with Crippen molar-refractivity contribution in [2.75, 3.05) is 39.7 Å². The van der Waals surface area contributed by atoms with Crippen LogP contribution in [0.5, 0.6) is 0 Å². The van der Waals surface area contributed by atoms with E-state index in [9.17, 15) is 0 Å². The Hall–Kier alpha value is -0.160. The van der Waals surface area contributed by atoms with Crippen LogP contribution in [0.15, 0.2) is 0 Å². The molecule has 0 amide bonds. The molecule has 0 aliphatic carbocycles. The third-order valence-corrected chi connectivity index (χ3v) is 2.19. The van der Waals surface area contributed by atoms with E-state index < -0.39 is 0 Å². The van der Waals surface area contributed by atoms with Crippen molar-refractivity contribution in [2.45, 2.75) is 25.9 Å². The van der Waals surface area contributed by atoms with Gasteiger partial charge in [-0.3, -0.25) is 0 Å². The molecular weight excluding hydrogens is 182 g/mol. The Kier molecular flexibility index (Phi) is 6.95. The zero-order valence-corrected chi connectivity index (χ0v) is 8.96. The van der Waals surface area contributed by atoms with Gasteiger partial charge in [-0.05, 0) is 26.3 Å². The molecule has 0 spiro atoms. The summed E-state index contributed by atoms with van der Waals surface area (Å²) in [6, 6.07) is 0. The number of ether oxygens (including phenoxy) is 3. The molecule has 1 aliphatic rings. The van der Waals surface area contributed by atoms with E-state index in [-0.39, 0.29) is 0 Å². The first-order valence-electron chi connectivity index (χ1n) is 5.41. The second-order valence-corrected chi connectivity index (χ2v) is 3.36. The molecule has 1 atom stereocenters. The molecular formula is C10H21NO3. The van der Waals surface area contributed by atoms with E-state index >= 15 is 0 Å².